The molecule has 2 atom stereocenters. The van der Waals surface area contributed by atoms with Crippen molar-refractivity contribution in [3.8, 4) is 0 Å². The standard InChI is InChI=1S/C10H20N2O2S/c1-13-8-6-12(7-9(8)14-2)5-3-4-10(11)15/h8-9H,3-7H2,1-2H3,(H2,11,15). The van der Waals surface area contributed by atoms with Gasteiger partial charge in [0.2, 0.25) is 0 Å². The van der Waals surface area contributed by atoms with E-state index >= 15 is 0 Å². The van der Waals surface area contributed by atoms with E-state index < -0.39 is 0 Å². The fraction of sp³-hybridized carbons (Fsp3) is 0.900. The molecule has 0 spiro atoms. The van der Waals surface area contributed by atoms with Crippen LogP contribution in [0.3, 0.4) is 0 Å². The van der Waals surface area contributed by atoms with E-state index in [1.54, 1.807) is 14.2 Å². The van der Waals surface area contributed by atoms with Gasteiger partial charge in [0.15, 0.2) is 0 Å². The number of likely N-dealkylation sites (tertiary alicyclic amines) is 1. The van der Waals surface area contributed by atoms with Crippen molar-refractivity contribution in [1.29, 1.82) is 0 Å². The molecule has 0 amide bonds. The molecule has 4 nitrogen and oxygen atoms in total. The number of nitrogens with zero attached hydrogens (tertiary/aromatic N) is 1. The summed E-state index contributed by atoms with van der Waals surface area (Å²) in [6.45, 7) is 2.88. The first-order valence-corrected chi connectivity index (χ1v) is 5.64. The first-order valence-electron chi connectivity index (χ1n) is 5.23. The molecule has 1 aliphatic heterocycles. The van der Waals surface area contributed by atoms with Gasteiger partial charge in [-0.1, -0.05) is 12.2 Å². The highest BCUT2D eigenvalue weighted by atomic mass is 32.1. The van der Waals surface area contributed by atoms with Crippen molar-refractivity contribution in [3.05, 3.63) is 0 Å². The van der Waals surface area contributed by atoms with Gasteiger partial charge in [-0.15, -0.1) is 0 Å². The zero-order chi connectivity index (χ0) is 11.3. The van der Waals surface area contributed by atoms with E-state index in [2.05, 4.69) is 4.90 Å². The minimum atomic E-state index is 0.194. The van der Waals surface area contributed by atoms with Gasteiger partial charge in [0.1, 0.15) is 0 Å². The molecule has 1 saturated heterocycles. The van der Waals surface area contributed by atoms with Crippen molar-refractivity contribution in [2.24, 2.45) is 5.73 Å². The highest BCUT2D eigenvalue weighted by Crippen LogP contribution is 2.15. The maximum absolute atomic E-state index is 5.45. The van der Waals surface area contributed by atoms with Crippen LogP contribution in [-0.2, 0) is 9.47 Å². The maximum atomic E-state index is 5.45. The molecule has 88 valence electrons. The lowest BCUT2D eigenvalue weighted by atomic mass is 10.3. The molecule has 0 aromatic carbocycles. The summed E-state index contributed by atoms with van der Waals surface area (Å²) in [5.74, 6) is 0. The molecule has 1 rings (SSSR count). The zero-order valence-electron chi connectivity index (χ0n) is 9.44. The van der Waals surface area contributed by atoms with E-state index in [1.807, 2.05) is 0 Å². The van der Waals surface area contributed by atoms with Crippen molar-refractivity contribution >= 4 is 17.2 Å². The number of nitrogens with two attached hydrogens (primary N) is 1. The lowest BCUT2D eigenvalue weighted by Gasteiger charge is -2.14. The fourth-order valence-corrected chi connectivity index (χ4v) is 2.08. The Bertz CT molecular complexity index is 202. The molecule has 0 aromatic rings. The molecule has 0 aliphatic carbocycles. The molecule has 2 unspecified atom stereocenters. The van der Waals surface area contributed by atoms with E-state index in [0.717, 1.165) is 32.5 Å². The van der Waals surface area contributed by atoms with Crippen LogP contribution in [0.4, 0.5) is 0 Å². The molecule has 5 heteroatoms. The molecule has 1 fully saturated rings. The van der Waals surface area contributed by atoms with Crippen LogP contribution in [0.1, 0.15) is 12.8 Å². The summed E-state index contributed by atoms with van der Waals surface area (Å²) < 4.78 is 10.7. The van der Waals surface area contributed by atoms with Crippen LogP contribution in [-0.4, -0.2) is 56.0 Å². The van der Waals surface area contributed by atoms with Gasteiger partial charge >= 0.3 is 0 Å². The van der Waals surface area contributed by atoms with Crippen molar-refractivity contribution in [2.45, 2.75) is 25.0 Å². The van der Waals surface area contributed by atoms with Crippen LogP contribution in [0.2, 0.25) is 0 Å². The summed E-state index contributed by atoms with van der Waals surface area (Å²) in [6, 6.07) is 0. The SMILES string of the molecule is COC1CN(CCCC(N)=S)CC1OC. The Morgan fingerprint density at radius 2 is 1.87 bits per heavy atom. The minimum absolute atomic E-state index is 0.194. The third-order valence-electron chi connectivity index (χ3n) is 2.79. The predicted octanol–water partition coefficient (Wildman–Crippen LogP) is 0.398. The summed E-state index contributed by atoms with van der Waals surface area (Å²) in [4.78, 5) is 2.93. The van der Waals surface area contributed by atoms with Gasteiger partial charge in [-0.25, -0.2) is 0 Å². The third-order valence-corrected chi connectivity index (χ3v) is 3.00. The molecule has 1 heterocycles. The molecule has 0 radical (unpaired) electrons. The summed E-state index contributed by atoms with van der Waals surface area (Å²) in [5, 5.41) is 0. The van der Waals surface area contributed by atoms with Gasteiger partial charge in [0.05, 0.1) is 17.2 Å². The van der Waals surface area contributed by atoms with Crippen LogP contribution < -0.4 is 5.73 Å². The number of rotatable bonds is 6. The second-order valence-electron chi connectivity index (χ2n) is 3.88. The maximum Gasteiger partial charge on any atom is 0.0971 e. The van der Waals surface area contributed by atoms with Crippen molar-refractivity contribution < 1.29 is 9.47 Å². The Hall–Kier alpha value is -0.230. The first-order chi connectivity index (χ1) is 7.17. The molecule has 0 bridgehead atoms. The second-order valence-corrected chi connectivity index (χ2v) is 4.40. The minimum Gasteiger partial charge on any atom is -0.393 e. The van der Waals surface area contributed by atoms with Crippen LogP contribution in [0.15, 0.2) is 0 Å². The quantitative estimate of drug-likeness (QED) is 0.672. The van der Waals surface area contributed by atoms with E-state index in [4.69, 9.17) is 27.4 Å². The van der Waals surface area contributed by atoms with E-state index in [9.17, 15) is 0 Å². The monoisotopic (exact) mass is 232 g/mol. The van der Waals surface area contributed by atoms with Gasteiger partial charge < -0.3 is 15.2 Å². The summed E-state index contributed by atoms with van der Waals surface area (Å²) in [7, 11) is 3.46. The molecule has 0 aromatic heterocycles. The molecular formula is C10H20N2O2S. The molecule has 1 aliphatic rings. The van der Waals surface area contributed by atoms with Crippen LogP contribution in [0.25, 0.3) is 0 Å². The Morgan fingerprint density at radius 1 is 1.33 bits per heavy atom. The Kier molecular flexibility index (Phi) is 5.45. The number of hydrogen-bond acceptors (Lipinski definition) is 4. The lowest BCUT2D eigenvalue weighted by Crippen LogP contribution is -2.27. The third kappa shape index (κ3) is 4.03. The second kappa shape index (κ2) is 6.37. The average molecular weight is 232 g/mol. The largest absolute Gasteiger partial charge is 0.393 e. The van der Waals surface area contributed by atoms with Crippen molar-refractivity contribution in [1.82, 2.24) is 4.90 Å². The van der Waals surface area contributed by atoms with Gasteiger partial charge in [-0.3, -0.25) is 4.90 Å². The van der Waals surface area contributed by atoms with E-state index in [0.29, 0.717) is 4.99 Å². The molecule has 0 saturated carbocycles. The van der Waals surface area contributed by atoms with Crippen molar-refractivity contribution in [2.75, 3.05) is 33.9 Å². The molecule has 15 heavy (non-hydrogen) atoms. The summed E-state index contributed by atoms with van der Waals surface area (Å²) >= 11 is 4.84. The lowest BCUT2D eigenvalue weighted by molar-refractivity contribution is -0.00461. The molecule has 2 N–H and O–H groups in total. The predicted molar refractivity (Wildman–Crippen MR) is 64.1 cm³/mol. The smallest absolute Gasteiger partial charge is 0.0971 e. The molecular weight excluding hydrogens is 212 g/mol. The summed E-state index contributed by atoms with van der Waals surface area (Å²) in [6.07, 6.45) is 2.23. The number of methoxy groups -OCH3 is 2. The average Bonchev–Trinajstić information content (AvgIpc) is 2.59. The number of ether oxygens (including phenoxy) is 2. The highest BCUT2D eigenvalue weighted by Gasteiger charge is 2.32. The number of hydrogen-bond donors (Lipinski definition) is 1. The van der Waals surface area contributed by atoms with E-state index in [1.165, 1.54) is 0 Å². The van der Waals surface area contributed by atoms with Gasteiger partial charge in [0, 0.05) is 27.3 Å². The highest BCUT2D eigenvalue weighted by molar-refractivity contribution is 7.80. The zero-order valence-corrected chi connectivity index (χ0v) is 10.3. The Morgan fingerprint density at radius 3 is 2.27 bits per heavy atom. The van der Waals surface area contributed by atoms with Gasteiger partial charge in [-0.2, -0.15) is 0 Å². The first kappa shape index (κ1) is 12.8. The van der Waals surface area contributed by atoms with Gasteiger partial charge in [0.25, 0.3) is 0 Å². The number of thiocarbonyl (C=S) groups is 1. The van der Waals surface area contributed by atoms with Crippen LogP contribution in [0, 0.1) is 0 Å². The van der Waals surface area contributed by atoms with Crippen LogP contribution in [0.5, 0.6) is 0 Å². The normalized spacial score (nSPS) is 27.1. The summed E-state index contributed by atoms with van der Waals surface area (Å²) in [5.41, 5.74) is 5.45. The van der Waals surface area contributed by atoms with Crippen molar-refractivity contribution in [3.63, 3.8) is 0 Å². The van der Waals surface area contributed by atoms with Crippen LogP contribution >= 0.6 is 12.2 Å². The van der Waals surface area contributed by atoms with E-state index in [-0.39, 0.29) is 12.2 Å². The Labute approximate surface area is 96.7 Å². The van der Waals surface area contributed by atoms with Gasteiger partial charge in [-0.05, 0) is 19.4 Å². The fourth-order valence-electron chi connectivity index (χ4n) is 1.93. The topological polar surface area (TPSA) is 47.7 Å². The Balaban J connectivity index is 2.24.